The number of methoxy groups -OCH3 is 3. The third kappa shape index (κ3) is 4.69. The maximum Gasteiger partial charge on any atom is 0.339 e. The number of esters is 1. The summed E-state index contributed by atoms with van der Waals surface area (Å²) in [5.41, 5.74) is 2.03. The molecule has 0 aliphatic rings. The van der Waals surface area contributed by atoms with Gasteiger partial charge in [-0.05, 0) is 36.4 Å². The molecule has 0 atom stereocenters. The Balaban J connectivity index is 1.72. The standard InChI is InChI=1S/C25H20ClNO6S/c1-30-20-10-14(11-21(31-2)24(20)32-3)18-12-16(15-6-4-5-7-17(15)27-18)25(29)33-13-19(28)22-8-9-23(26)34-22/h4-12H,13H2,1-3H3. The van der Waals surface area contributed by atoms with Crippen LogP contribution in [0.4, 0.5) is 0 Å². The van der Waals surface area contributed by atoms with Gasteiger partial charge in [0.05, 0.1) is 47.3 Å². The highest BCUT2D eigenvalue weighted by molar-refractivity contribution is 7.18. The number of ether oxygens (including phenoxy) is 4. The summed E-state index contributed by atoms with van der Waals surface area (Å²) < 4.78 is 22.1. The predicted molar refractivity (Wildman–Crippen MR) is 131 cm³/mol. The lowest BCUT2D eigenvalue weighted by atomic mass is 10.0. The molecule has 34 heavy (non-hydrogen) atoms. The van der Waals surface area contributed by atoms with Crippen LogP contribution < -0.4 is 14.2 Å². The molecule has 0 bridgehead atoms. The second-order valence-corrected chi connectivity index (χ2v) is 8.80. The number of hydrogen-bond acceptors (Lipinski definition) is 8. The van der Waals surface area contributed by atoms with E-state index in [2.05, 4.69) is 0 Å². The molecule has 0 saturated heterocycles. The molecule has 0 amide bonds. The van der Waals surface area contributed by atoms with Crippen LogP contribution in [0.25, 0.3) is 22.2 Å². The van der Waals surface area contributed by atoms with Crippen molar-refractivity contribution in [3.63, 3.8) is 0 Å². The molecule has 9 heteroatoms. The molecule has 0 fully saturated rings. The molecule has 0 radical (unpaired) electrons. The molecule has 0 unspecified atom stereocenters. The first-order valence-electron chi connectivity index (χ1n) is 10.1. The highest BCUT2D eigenvalue weighted by atomic mass is 35.5. The number of halogens is 1. The van der Waals surface area contributed by atoms with Crippen LogP contribution in [0.15, 0.2) is 54.6 Å². The van der Waals surface area contributed by atoms with E-state index in [1.54, 1.807) is 48.5 Å². The van der Waals surface area contributed by atoms with Crippen LogP contribution in [-0.4, -0.2) is 44.7 Å². The van der Waals surface area contributed by atoms with Gasteiger partial charge >= 0.3 is 5.97 Å². The normalized spacial score (nSPS) is 10.7. The molecule has 4 rings (SSSR count). The Morgan fingerprint density at radius 3 is 2.26 bits per heavy atom. The number of carbonyl (C=O) groups is 2. The van der Waals surface area contributed by atoms with E-state index in [1.807, 2.05) is 6.07 Å². The summed E-state index contributed by atoms with van der Waals surface area (Å²) in [7, 11) is 4.57. The fourth-order valence-corrected chi connectivity index (χ4v) is 4.43. The van der Waals surface area contributed by atoms with E-state index >= 15 is 0 Å². The van der Waals surface area contributed by atoms with Gasteiger partial charge in [-0.2, -0.15) is 0 Å². The zero-order valence-corrected chi connectivity index (χ0v) is 20.2. The van der Waals surface area contributed by atoms with E-state index in [4.69, 9.17) is 35.5 Å². The van der Waals surface area contributed by atoms with Crippen LogP contribution in [0, 0.1) is 0 Å². The molecule has 0 spiro atoms. The third-order valence-electron chi connectivity index (χ3n) is 5.08. The summed E-state index contributed by atoms with van der Waals surface area (Å²) >= 11 is 7.03. The number of ketones is 1. The Morgan fingerprint density at radius 1 is 0.941 bits per heavy atom. The minimum Gasteiger partial charge on any atom is -0.493 e. The number of carbonyl (C=O) groups excluding carboxylic acids is 2. The molecule has 0 aliphatic carbocycles. The van der Waals surface area contributed by atoms with Crippen molar-refractivity contribution >= 4 is 45.6 Å². The van der Waals surface area contributed by atoms with Crippen LogP contribution in [-0.2, 0) is 4.74 Å². The molecular formula is C25H20ClNO6S. The van der Waals surface area contributed by atoms with E-state index in [0.717, 1.165) is 11.3 Å². The van der Waals surface area contributed by atoms with Crippen molar-refractivity contribution in [2.75, 3.05) is 27.9 Å². The fourth-order valence-electron chi connectivity index (χ4n) is 3.47. The number of aromatic nitrogens is 1. The highest BCUT2D eigenvalue weighted by Gasteiger charge is 2.20. The lowest BCUT2D eigenvalue weighted by Crippen LogP contribution is -2.14. The van der Waals surface area contributed by atoms with Crippen LogP contribution in [0.1, 0.15) is 20.0 Å². The monoisotopic (exact) mass is 497 g/mol. The smallest absolute Gasteiger partial charge is 0.339 e. The van der Waals surface area contributed by atoms with Crippen molar-refractivity contribution in [3.8, 4) is 28.5 Å². The SMILES string of the molecule is COc1cc(-c2cc(C(=O)OCC(=O)c3ccc(Cl)s3)c3ccccc3n2)cc(OC)c1OC. The summed E-state index contributed by atoms with van der Waals surface area (Å²) in [5.74, 6) is 0.394. The Labute approximate surface area is 204 Å². The molecule has 7 nitrogen and oxygen atoms in total. The topological polar surface area (TPSA) is 84.0 Å². The number of benzene rings is 2. The molecule has 2 heterocycles. The number of fused-ring (bicyclic) bond motifs is 1. The minimum atomic E-state index is -0.636. The van der Waals surface area contributed by atoms with Gasteiger partial charge in [-0.3, -0.25) is 4.79 Å². The number of Topliss-reactive ketones (excluding diaryl/α,β-unsaturated/α-hetero) is 1. The quantitative estimate of drug-likeness (QED) is 0.228. The van der Waals surface area contributed by atoms with E-state index < -0.39 is 12.6 Å². The summed E-state index contributed by atoms with van der Waals surface area (Å²) in [6, 6.07) is 15.6. The fraction of sp³-hybridized carbons (Fsp3) is 0.160. The van der Waals surface area contributed by atoms with Crippen LogP contribution in [0.3, 0.4) is 0 Å². The second-order valence-electron chi connectivity index (χ2n) is 7.09. The minimum absolute atomic E-state index is 0.284. The summed E-state index contributed by atoms with van der Waals surface area (Å²) in [4.78, 5) is 30.5. The lowest BCUT2D eigenvalue weighted by molar-refractivity contribution is 0.0478. The van der Waals surface area contributed by atoms with Gasteiger partial charge in [0, 0.05) is 10.9 Å². The van der Waals surface area contributed by atoms with Crippen molar-refractivity contribution in [2.24, 2.45) is 0 Å². The molecule has 174 valence electrons. The lowest BCUT2D eigenvalue weighted by Gasteiger charge is -2.15. The van der Waals surface area contributed by atoms with Crippen LogP contribution >= 0.6 is 22.9 Å². The second kappa shape index (κ2) is 10.1. The molecule has 2 aromatic carbocycles. The van der Waals surface area contributed by atoms with Crippen molar-refractivity contribution < 1.29 is 28.5 Å². The van der Waals surface area contributed by atoms with E-state index in [0.29, 0.717) is 48.6 Å². The van der Waals surface area contributed by atoms with Gasteiger partial charge in [0.1, 0.15) is 0 Å². The number of hydrogen-bond donors (Lipinski definition) is 0. The highest BCUT2D eigenvalue weighted by Crippen LogP contribution is 2.41. The van der Waals surface area contributed by atoms with Gasteiger partial charge < -0.3 is 18.9 Å². The molecule has 0 saturated carbocycles. The first kappa shape index (κ1) is 23.5. The molecule has 4 aromatic rings. The van der Waals surface area contributed by atoms with Gasteiger partial charge in [0.2, 0.25) is 11.5 Å². The van der Waals surface area contributed by atoms with Gasteiger partial charge in [-0.25, -0.2) is 9.78 Å². The average Bonchev–Trinajstić information content (AvgIpc) is 3.31. The first-order valence-corrected chi connectivity index (χ1v) is 11.3. The Bertz CT molecular complexity index is 1360. The summed E-state index contributed by atoms with van der Waals surface area (Å²) in [5, 5.41) is 0.607. The zero-order valence-electron chi connectivity index (χ0n) is 18.6. The number of rotatable bonds is 8. The predicted octanol–water partition coefficient (Wildman–Crippen LogP) is 5.68. The van der Waals surface area contributed by atoms with Gasteiger partial charge in [-0.1, -0.05) is 29.8 Å². The average molecular weight is 498 g/mol. The van der Waals surface area contributed by atoms with Crippen LogP contribution in [0.2, 0.25) is 4.34 Å². The first-order chi connectivity index (χ1) is 16.4. The third-order valence-corrected chi connectivity index (χ3v) is 6.35. The number of thiophene rings is 1. The Morgan fingerprint density at radius 2 is 1.65 bits per heavy atom. The summed E-state index contributed by atoms with van der Waals surface area (Å²) in [6.45, 7) is -0.397. The summed E-state index contributed by atoms with van der Waals surface area (Å²) in [6.07, 6.45) is 0. The van der Waals surface area contributed by atoms with E-state index in [-0.39, 0.29) is 11.3 Å². The maximum atomic E-state index is 13.0. The number of pyridine rings is 1. The van der Waals surface area contributed by atoms with Crippen LogP contribution in [0.5, 0.6) is 17.2 Å². The molecule has 2 aromatic heterocycles. The molecule has 0 aliphatic heterocycles. The van der Waals surface area contributed by atoms with Crippen molar-refractivity contribution in [3.05, 3.63) is 69.4 Å². The van der Waals surface area contributed by atoms with Gasteiger partial charge in [0.15, 0.2) is 18.1 Å². The molecular weight excluding hydrogens is 478 g/mol. The Kier molecular flexibility index (Phi) is 7.00. The number of nitrogens with zero attached hydrogens (tertiary/aromatic N) is 1. The van der Waals surface area contributed by atoms with Gasteiger partial charge in [0.25, 0.3) is 0 Å². The van der Waals surface area contributed by atoms with Crippen molar-refractivity contribution in [2.45, 2.75) is 0 Å². The van der Waals surface area contributed by atoms with E-state index in [1.165, 1.54) is 21.3 Å². The Hall–Kier alpha value is -3.62. The largest absolute Gasteiger partial charge is 0.493 e. The van der Waals surface area contributed by atoms with Crippen molar-refractivity contribution in [1.82, 2.24) is 4.98 Å². The van der Waals surface area contributed by atoms with Gasteiger partial charge in [-0.15, -0.1) is 11.3 Å². The molecule has 0 N–H and O–H groups in total. The number of para-hydroxylation sites is 1. The zero-order chi connectivity index (χ0) is 24.2. The van der Waals surface area contributed by atoms with E-state index in [9.17, 15) is 9.59 Å². The van der Waals surface area contributed by atoms with Crippen molar-refractivity contribution in [1.29, 1.82) is 0 Å². The maximum absolute atomic E-state index is 13.0.